The van der Waals surface area contributed by atoms with Gasteiger partial charge in [0.25, 0.3) is 0 Å². The second-order valence-corrected chi connectivity index (χ2v) is 12.4. The zero-order chi connectivity index (χ0) is 39.9. The van der Waals surface area contributed by atoms with Crippen molar-refractivity contribution in [3.63, 3.8) is 0 Å². The summed E-state index contributed by atoms with van der Waals surface area (Å²) in [5.74, 6) is -1.86. The van der Waals surface area contributed by atoms with Crippen LogP contribution in [-0.4, -0.2) is 34.6 Å². The Morgan fingerprint density at radius 3 is 1.00 bits per heavy atom. The van der Waals surface area contributed by atoms with Crippen molar-refractivity contribution in [2.75, 3.05) is 0 Å². The molecule has 9 heteroatoms. The van der Waals surface area contributed by atoms with E-state index in [1.165, 1.54) is 0 Å². The third-order valence-electron chi connectivity index (χ3n) is 8.23. The first-order valence-corrected chi connectivity index (χ1v) is 17.6. The number of benzene rings is 7. The van der Waals surface area contributed by atoms with Crippen molar-refractivity contribution in [1.82, 2.24) is 0 Å². The van der Waals surface area contributed by atoms with E-state index < -0.39 is 11.9 Å². The van der Waals surface area contributed by atoms with Crippen LogP contribution in [0.1, 0.15) is 25.0 Å². The topological polar surface area (TPSA) is 145 Å². The molecule has 7 aromatic carbocycles. The zero-order valence-corrected chi connectivity index (χ0v) is 32.1. The Morgan fingerprint density at radius 2 is 0.702 bits per heavy atom. The fourth-order valence-electron chi connectivity index (χ4n) is 5.74. The Balaban J connectivity index is 0.000000734. The third-order valence-corrected chi connectivity index (χ3v) is 8.23. The van der Waals surface area contributed by atoms with Crippen LogP contribution in [0.15, 0.2) is 180 Å². The van der Waals surface area contributed by atoms with E-state index in [9.17, 15) is 10.2 Å². The maximum Gasteiger partial charge on any atom is 2.00 e. The molecule has 2 N–H and O–H groups in total. The number of carbonyl (C=O) groups is 2. The van der Waals surface area contributed by atoms with Gasteiger partial charge in [-0.1, -0.05) is 133 Å². The number of rotatable bonds is 8. The Morgan fingerprint density at radius 1 is 0.439 bits per heavy atom. The summed E-state index contributed by atoms with van der Waals surface area (Å²) in [7, 11) is 0. The molecule has 0 fully saturated rings. The van der Waals surface area contributed by atoms with E-state index in [2.05, 4.69) is 24.3 Å². The molecule has 0 heterocycles. The van der Waals surface area contributed by atoms with E-state index in [0.717, 1.165) is 58.4 Å². The first kappa shape index (κ1) is 42.7. The summed E-state index contributed by atoms with van der Waals surface area (Å²) in [5.41, 5.74) is 9.77. The number of phenols is 2. The summed E-state index contributed by atoms with van der Waals surface area (Å²) in [6, 6.07) is 55.4. The summed E-state index contributed by atoms with van der Waals surface area (Å²) < 4.78 is 0. The number of aliphatic imine (C=N–C) groups is 2. The zero-order valence-electron chi connectivity index (χ0n) is 31.1. The number of carboxylic acid groups (broad SMARTS) is 2. The van der Waals surface area contributed by atoms with Gasteiger partial charge < -0.3 is 30.0 Å². The second-order valence-electron chi connectivity index (χ2n) is 12.4. The Bertz CT molecular complexity index is 2270. The molecule has 8 nitrogen and oxygen atoms in total. The normalized spacial score (nSPS) is 10.4. The third kappa shape index (κ3) is 12.2. The molecular formula is C48H38CoN2O6. The standard InChI is InChI=1S/C44H32N2O2.2C2H4O2.Co/c47-43-37(25-35(31-15-5-1-6-16-31)27-39(43)33-19-9-3-10-20-33)29-45-41-23-13-14-24-42(41)46-30-38-26-36(32-17-7-2-8-18-32)28-40(44(38)48)34-21-11-4-12-22-34;2*1-2(3)4;/h1-30,47-48H;2*1H3,(H,3,4);/q;;;+2/p-2. The molecule has 0 atom stereocenters. The molecule has 0 aromatic heterocycles. The summed E-state index contributed by atoms with van der Waals surface area (Å²) in [6.07, 6.45) is 3.37. The summed E-state index contributed by atoms with van der Waals surface area (Å²) in [4.78, 5) is 27.4. The summed E-state index contributed by atoms with van der Waals surface area (Å²) in [5, 5.41) is 40.6. The average Bonchev–Trinajstić information content (AvgIpc) is 3.21. The maximum absolute atomic E-state index is 11.4. The number of hydrogen-bond donors (Lipinski definition) is 2. The van der Waals surface area contributed by atoms with E-state index >= 15 is 0 Å². The van der Waals surface area contributed by atoms with Crippen LogP contribution in [0.4, 0.5) is 11.4 Å². The van der Waals surface area contributed by atoms with Crippen molar-refractivity contribution in [3.05, 3.63) is 181 Å². The number of para-hydroxylation sites is 2. The fraction of sp³-hybridized carbons (Fsp3) is 0.0417. The molecule has 7 aromatic rings. The second kappa shape index (κ2) is 21.1. The molecule has 0 bridgehead atoms. The van der Waals surface area contributed by atoms with Crippen LogP contribution in [0.3, 0.4) is 0 Å². The summed E-state index contributed by atoms with van der Waals surface area (Å²) >= 11 is 0. The van der Waals surface area contributed by atoms with Gasteiger partial charge in [0, 0.05) is 46.6 Å². The Labute approximate surface area is 342 Å². The predicted octanol–water partition coefficient (Wildman–Crippen LogP) is 8.78. The monoisotopic (exact) mass is 797 g/mol. The van der Waals surface area contributed by atoms with Crippen molar-refractivity contribution >= 4 is 35.7 Å². The van der Waals surface area contributed by atoms with Gasteiger partial charge >= 0.3 is 16.8 Å². The SMILES string of the molecule is CC(=O)[O-].CC(=O)[O-].Oc1c(C=Nc2ccccc2N=Cc2cc(-c3ccccc3)cc(-c3ccccc3)c2O)cc(-c2ccccc2)cc1-c1ccccc1.[Co+2]. The quantitative estimate of drug-likeness (QED) is 0.147. The Hall–Kier alpha value is -7.07. The number of phenolic OH excluding ortho intramolecular Hbond substituents is 2. The van der Waals surface area contributed by atoms with E-state index in [1.54, 1.807) is 12.4 Å². The van der Waals surface area contributed by atoms with Crippen LogP contribution in [0, 0.1) is 0 Å². The number of aliphatic carboxylic acids is 2. The van der Waals surface area contributed by atoms with Crippen molar-refractivity contribution < 1.29 is 46.8 Å². The van der Waals surface area contributed by atoms with E-state index in [0.29, 0.717) is 22.5 Å². The maximum atomic E-state index is 11.4. The molecule has 0 saturated heterocycles. The molecule has 0 aliphatic carbocycles. The van der Waals surface area contributed by atoms with Gasteiger partial charge in [-0.2, -0.15) is 0 Å². The summed E-state index contributed by atoms with van der Waals surface area (Å²) in [6.45, 7) is 1.94. The molecule has 1 radical (unpaired) electrons. The average molecular weight is 798 g/mol. The number of carboxylic acids is 2. The van der Waals surface area contributed by atoms with Gasteiger partial charge in [0.05, 0.1) is 11.4 Å². The molecule has 0 unspecified atom stereocenters. The number of hydrogen-bond acceptors (Lipinski definition) is 8. The first-order valence-electron chi connectivity index (χ1n) is 17.6. The van der Waals surface area contributed by atoms with Gasteiger partial charge in [-0.05, 0) is 83.6 Å². The molecule has 57 heavy (non-hydrogen) atoms. The van der Waals surface area contributed by atoms with Crippen LogP contribution in [0.2, 0.25) is 0 Å². The van der Waals surface area contributed by atoms with Gasteiger partial charge in [-0.3, -0.25) is 9.98 Å². The van der Waals surface area contributed by atoms with Gasteiger partial charge in [0.2, 0.25) is 0 Å². The van der Waals surface area contributed by atoms with Crippen molar-refractivity contribution in [2.24, 2.45) is 9.98 Å². The number of aromatic hydroxyl groups is 2. The van der Waals surface area contributed by atoms with Crippen LogP contribution in [0.5, 0.6) is 11.5 Å². The largest absolute Gasteiger partial charge is 2.00 e. The predicted molar refractivity (Wildman–Crippen MR) is 220 cm³/mol. The molecular weight excluding hydrogens is 759 g/mol. The molecule has 0 aliphatic rings. The smallest absolute Gasteiger partial charge is 0.550 e. The number of carbonyl (C=O) groups excluding carboxylic acids is 2. The van der Waals surface area contributed by atoms with Crippen LogP contribution >= 0.6 is 0 Å². The molecule has 0 spiro atoms. The first-order chi connectivity index (χ1) is 27.1. The van der Waals surface area contributed by atoms with Gasteiger partial charge in [0.1, 0.15) is 11.5 Å². The van der Waals surface area contributed by atoms with Crippen molar-refractivity contribution in [3.8, 4) is 56.0 Å². The van der Waals surface area contributed by atoms with Gasteiger partial charge in [0.15, 0.2) is 0 Å². The number of nitrogens with zero attached hydrogens (tertiary/aromatic N) is 2. The fourth-order valence-corrected chi connectivity index (χ4v) is 5.74. The minimum Gasteiger partial charge on any atom is -0.550 e. The van der Waals surface area contributed by atoms with Crippen LogP contribution < -0.4 is 10.2 Å². The molecule has 0 aliphatic heterocycles. The minimum absolute atomic E-state index is 0. The Kier molecular flexibility index (Phi) is 15.8. The van der Waals surface area contributed by atoms with Gasteiger partial charge in [-0.15, -0.1) is 0 Å². The molecule has 7 rings (SSSR count). The van der Waals surface area contributed by atoms with E-state index in [-0.39, 0.29) is 28.3 Å². The van der Waals surface area contributed by atoms with Crippen LogP contribution in [0.25, 0.3) is 44.5 Å². The minimum atomic E-state index is -1.08. The van der Waals surface area contributed by atoms with Crippen molar-refractivity contribution in [2.45, 2.75) is 13.8 Å². The van der Waals surface area contributed by atoms with Gasteiger partial charge in [-0.25, -0.2) is 0 Å². The molecule has 0 amide bonds. The molecule has 285 valence electrons. The molecule has 0 saturated carbocycles. The van der Waals surface area contributed by atoms with Crippen molar-refractivity contribution in [1.29, 1.82) is 0 Å². The van der Waals surface area contributed by atoms with E-state index in [4.69, 9.17) is 29.8 Å². The van der Waals surface area contributed by atoms with E-state index in [1.807, 2.05) is 146 Å². The van der Waals surface area contributed by atoms with Crippen LogP contribution in [-0.2, 0) is 26.4 Å².